The highest BCUT2D eigenvalue weighted by molar-refractivity contribution is 9.10. The molecule has 0 bridgehead atoms. The highest BCUT2D eigenvalue weighted by Gasteiger charge is 2.09. The van der Waals surface area contributed by atoms with Gasteiger partial charge in [0.2, 0.25) is 0 Å². The Balaban J connectivity index is 2.17. The van der Waals surface area contributed by atoms with Gasteiger partial charge in [0.15, 0.2) is 5.84 Å². The zero-order chi connectivity index (χ0) is 15.2. The molecule has 0 atom stereocenters. The molecule has 0 amide bonds. The molecule has 2 aromatic rings. The summed E-state index contributed by atoms with van der Waals surface area (Å²) in [5.41, 5.74) is 7.03. The Bertz CT molecular complexity index is 659. The molecular weight excluding hydrogens is 336 g/mol. The maximum atomic E-state index is 8.74. The summed E-state index contributed by atoms with van der Waals surface area (Å²) >= 11 is 3.43. The van der Waals surface area contributed by atoms with Crippen LogP contribution in [0.3, 0.4) is 0 Å². The summed E-state index contributed by atoms with van der Waals surface area (Å²) in [4.78, 5) is 0. The molecule has 2 aromatic carbocycles. The van der Waals surface area contributed by atoms with Crippen LogP contribution in [0, 0.1) is 0 Å². The molecule has 0 saturated carbocycles. The number of nitrogens with two attached hydrogens (primary N) is 1. The van der Waals surface area contributed by atoms with Gasteiger partial charge in [-0.2, -0.15) is 0 Å². The molecule has 0 aliphatic carbocycles. The summed E-state index contributed by atoms with van der Waals surface area (Å²) in [5, 5.41) is 11.7. The lowest BCUT2D eigenvalue weighted by Gasteiger charge is -2.11. The van der Waals surface area contributed by atoms with Gasteiger partial charge in [-0.3, -0.25) is 0 Å². The van der Waals surface area contributed by atoms with Crippen LogP contribution in [0.15, 0.2) is 52.1 Å². The van der Waals surface area contributed by atoms with Crippen LogP contribution in [0.1, 0.15) is 11.1 Å². The van der Waals surface area contributed by atoms with Crippen molar-refractivity contribution < 1.29 is 14.7 Å². The first kappa shape index (κ1) is 15.2. The predicted molar refractivity (Wildman–Crippen MR) is 84.0 cm³/mol. The van der Waals surface area contributed by atoms with Gasteiger partial charge in [0, 0.05) is 0 Å². The monoisotopic (exact) mass is 350 g/mol. The van der Waals surface area contributed by atoms with Gasteiger partial charge in [-0.15, -0.1) is 0 Å². The first-order valence-corrected chi connectivity index (χ1v) is 6.97. The predicted octanol–water partition coefficient (Wildman–Crippen LogP) is 3.13. The summed E-state index contributed by atoms with van der Waals surface area (Å²) in [6.45, 7) is 0.384. The SMILES string of the molecule is COc1cc(COc2ccccc2Br)ccc1/C(N)=N/O. The Morgan fingerprint density at radius 1 is 1.24 bits per heavy atom. The number of oxime groups is 1. The molecule has 0 spiro atoms. The fraction of sp³-hybridized carbons (Fsp3) is 0.133. The van der Waals surface area contributed by atoms with Crippen molar-refractivity contribution in [1.29, 1.82) is 0 Å². The summed E-state index contributed by atoms with van der Waals surface area (Å²) in [7, 11) is 1.53. The normalized spacial score (nSPS) is 11.2. The number of ether oxygens (including phenoxy) is 2. The minimum atomic E-state index is 0.00474. The van der Waals surface area contributed by atoms with Gasteiger partial charge in [0.1, 0.15) is 18.1 Å². The molecule has 0 fully saturated rings. The van der Waals surface area contributed by atoms with Gasteiger partial charge in [-0.25, -0.2) is 0 Å². The number of hydrogen-bond acceptors (Lipinski definition) is 4. The molecule has 0 saturated heterocycles. The van der Waals surface area contributed by atoms with E-state index in [0.29, 0.717) is 17.9 Å². The lowest BCUT2D eigenvalue weighted by Crippen LogP contribution is -2.14. The van der Waals surface area contributed by atoms with E-state index in [0.717, 1.165) is 15.8 Å². The summed E-state index contributed by atoms with van der Waals surface area (Å²) < 4.78 is 11.9. The van der Waals surface area contributed by atoms with Crippen LogP contribution in [0.2, 0.25) is 0 Å². The minimum absolute atomic E-state index is 0.00474. The maximum absolute atomic E-state index is 8.74. The number of methoxy groups -OCH3 is 1. The topological polar surface area (TPSA) is 77.1 Å². The largest absolute Gasteiger partial charge is 0.496 e. The molecule has 0 aliphatic heterocycles. The molecule has 0 heterocycles. The third-order valence-corrected chi connectivity index (χ3v) is 3.54. The van der Waals surface area contributed by atoms with E-state index >= 15 is 0 Å². The van der Waals surface area contributed by atoms with Gasteiger partial charge >= 0.3 is 0 Å². The van der Waals surface area contributed by atoms with E-state index < -0.39 is 0 Å². The van der Waals surface area contributed by atoms with Crippen molar-refractivity contribution in [1.82, 2.24) is 0 Å². The molecule has 5 nitrogen and oxygen atoms in total. The molecule has 3 N–H and O–H groups in total. The van der Waals surface area contributed by atoms with E-state index in [1.165, 1.54) is 7.11 Å². The second-order valence-electron chi connectivity index (χ2n) is 4.24. The summed E-state index contributed by atoms with van der Waals surface area (Å²) in [6, 6.07) is 13.0. The second kappa shape index (κ2) is 6.99. The first-order chi connectivity index (χ1) is 10.2. The van der Waals surface area contributed by atoms with Gasteiger partial charge in [0.25, 0.3) is 0 Å². The molecule has 0 aromatic heterocycles. The lowest BCUT2D eigenvalue weighted by atomic mass is 10.1. The van der Waals surface area contributed by atoms with E-state index in [-0.39, 0.29) is 5.84 Å². The van der Waals surface area contributed by atoms with Crippen LogP contribution >= 0.6 is 15.9 Å². The molecule has 6 heteroatoms. The molecular formula is C15H15BrN2O3. The van der Waals surface area contributed by atoms with Gasteiger partial charge < -0.3 is 20.4 Å². The number of halogens is 1. The quantitative estimate of drug-likeness (QED) is 0.376. The van der Waals surface area contributed by atoms with E-state index in [9.17, 15) is 0 Å². The van der Waals surface area contributed by atoms with Crippen LogP contribution < -0.4 is 15.2 Å². The number of amidine groups is 1. The highest BCUT2D eigenvalue weighted by atomic mass is 79.9. The van der Waals surface area contributed by atoms with Crippen LogP contribution in [0.4, 0.5) is 0 Å². The first-order valence-electron chi connectivity index (χ1n) is 6.18. The van der Waals surface area contributed by atoms with Crippen molar-refractivity contribution >= 4 is 21.8 Å². The number of para-hydroxylation sites is 1. The highest BCUT2D eigenvalue weighted by Crippen LogP contribution is 2.26. The van der Waals surface area contributed by atoms with Crippen LogP contribution in [-0.4, -0.2) is 18.2 Å². The molecule has 0 aliphatic rings. The number of hydrogen-bond donors (Lipinski definition) is 2. The molecule has 0 radical (unpaired) electrons. The average molecular weight is 351 g/mol. The maximum Gasteiger partial charge on any atom is 0.173 e. The van der Waals surface area contributed by atoms with Crippen molar-refractivity contribution in [3.63, 3.8) is 0 Å². The van der Waals surface area contributed by atoms with Crippen molar-refractivity contribution in [3.8, 4) is 11.5 Å². The van der Waals surface area contributed by atoms with Crippen LogP contribution in [-0.2, 0) is 6.61 Å². The average Bonchev–Trinajstić information content (AvgIpc) is 2.53. The third-order valence-electron chi connectivity index (χ3n) is 2.88. The molecule has 0 unspecified atom stereocenters. The molecule has 2 rings (SSSR count). The fourth-order valence-electron chi connectivity index (χ4n) is 1.81. The molecule has 110 valence electrons. The van der Waals surface area contributed by atoms with Crippen molar-refractivity contribution in [3.05, 3.63) is 58.1 Å². The number of rotatable bonds is 5. The van der Waals surface area contributed by atoms with E-state index in [1.54, 1.807) is 12.1 Å². The van der Waals surface area contributed by atoms with E-state index in [4.69, 9.17) is 20.4 Å². The Kier molecular flexibility index (Phi) is 5.05. The fourth-order valence-corrected chi connectivity index (χ4v) is 2.21. The number of nitrogens with zero attached hydrogens (tertiary/aromatic N) is 1. The Morgan fingerprint density at radius 3 is 2.67 bits per heavy atom. The van der Waals surface area contributed by atoms with Crippen LogP contribution in [0.5, 0.6) is 11.5 Å². The summed E-state index contributed by atoms with van der Waals surface area (Å²) in [5.74, 6) is 1.29. The lowest BCUT2D eigenvalue weighted by molar-refractivity contribution is 0.303. The smallest absolute Gasteiger partial charge is 0.173 e. The zero-order valence-electron chi connectivity index (χ0n) is 11.4. The van der Waals surface area contributed by atoms with Gasteiger partial charge in [0.05, 0.1) is 17.1 Å². The second-order valence-corrected chi connectivity index (χ2v) is 5.09. The summed E-state index contributed by atoms with van der Waals surface area (Å²) in [6.07, 6.45) is 0. The van der Waals surface area contributed by atoms with Crippen molar-refractivity contribution in [2.45, 2.75) is 6.61 Å². The zero-order valence-corrected chi connectivity index (χ0v) is 13.0. The van der Waals surface area contributed by atoms with Crippen molar-refractivity contribution in [2.75, 3.05) is 7.11 Å². The van der Waals surface area contributed by atoms with E-state index in [2.05, 4.69) is 21.1 Å². The minimum Gasteiger partial charge on any atom is -0.496 e. The van der Waals surface area contributed by atoms with Gasteiger partial charge in [-0.05, 0) is 45.8 Å². The Labute approximate surface area is 131 Å². The van der Waals surface area contributed by atoms with Gasteiger partial charge in [-0.1, -0.05) is 23.4 Å². The van der Waals surface area contributed by atoms with Crippen molar-refractivity contribution in [2.24, 2.45) is 10.9 Å². The standard InChI is InChI=1S/C15H15BrN2O3/c1-20-14-8-10(6-7-11(14)15(17)18-19)9-21-13-5-3-2-4-12(13)16/h2-8,19H,9H2,1H3,(H2,17,18). The molecule has 21 heavy (non-hydrogen) atoms. The Morgan fingerprint density at radius 2 is 2.00 bits per heavy atom. The number of benzene rings is 2. The Hall–Kier alpha value is -2.21. The van der Waals surface area contributed by atoms with Crippen LogP contribution in [0.25, 0.3) is 0 Å². The third kappa shape index (κ3) is 3.66. The van der Waals surface area contributed by atoms with E-state index in [1.807, 2.05) is 30.3 Å².